The van der Waals surface area contributed by atoms with Crippen molar-refractivity contribution in [2.24, 2.45) is 0 Å². The van der Waals surface area contributed by atoms with Gasteiger partial charge in [-0.1, -0.05) is 99.6 Å². The highest BCUT2D eigenvalue weighted by atomic mass is 32.1. The van der Waals surface area contributed by atoms with E-state index in [2.05, 4.69) is 119 Å². The molecule has 0 spiro atoms. The van der Waals surface area contributed by atoms with Gasteiger partial charge in [-0.15, -0.1) is 11.3 Å². The quantitative estimate of drug-likeness (QED) is 0.235. The molecule has 0 amide bonds. The minimum atomic E-state index is 0.00226. The van der Waals surface area contributed by atoms with Crippen molar-refractivity contribution in [2.75, 3.05) is 0 Å². The highest BCUT2D eigenvalue weighted by molar-refractivity contribution is 7.25. The maximum absolute atomic E-state index is 2.50. The fourth-order valence-corrected chi connectivity index (χ4v) is 7.75. The van der Waals surface area contributed by atoms with E-state index in [9.17, 15) is 0 Å². The fourth-order valence-electron chi connectivity index (χ4n) is 6.61. The lowest BCUT2D eigenvalue weighted by molar-refractivity contribution is 0.657. The molecular weight excluding hydrogens is 452 g/mol. The van der Waals surface area contributed by atoms with Crippen LogP contribution in [0.3, 0.4) is 0 Å². The van der Waals surface area contributed by atoms with E-state index >= 15 is 0 Å². The summed E-state index contributed by atoms with van der Waals surface area (Å²) in [5, 5.41) is 5.60. The average Bonchev–Trinajstić information content (AvgIpc) is 3.37. The molecule has 6 aromatic rings. The molecule has 0 saturated heterocycles. The van der Waals surface area contributed by atoms with Gasteiger partial charge in [0.1, 0.15) is 0 Å². The van der Waals surface area contributed by atoms with Crippen molar-refractivity contribution in [1.82, 2.24) is 0 Å². The number of fused-ring (bicyclic) bond motifs is 8. The second-order valence-corrected chi connectivity index (χ2v) is 12.2. The lowest BCUT2D eigenvalue weighted by Crippen LogP contribution is -2.15. The predicted molar refractivity (Wildman–Crippen MR) is 158 cm³/mol. The van der Waals surface area contributed by atoms with Crippen molar-refractivity contribution in [3.63, 3.8) is 0 Å². The first-order valence-corrected chi connectivity index (χ1v) is 13.8. The minimum absolute atomic E-state index is 0.00226. The number of hydrogen-bond donors (Lipinski definition) is 0. The van der Waals surface area contributed by atoms with E-state index in [-0.39, 0.29) is 5.41 Å². The van der Waals surface area contributed by atoms with Gasteiger partial charge in [-0.2, -0.15) is 0 Å². The molecular formula is C35H30S. The zero-order chi connectivity index (χ0) is 24.6. The minimum Gasteiger partial charge on any atom is -0.135 e. The SMILES string of the molecule is Cc1cc2c(c3ccccc13)-c1ccc(CC(C)c3cccc4sc5ccccc5c34)cc1C2(C)C. The monoisotopic (exact) mass is 482 g/mol. The van der Waals surface area contributed by atoms with Gasteiger partial charge in [0.05, 0.1) is 0 Å². The standard InChI is InChI=1S/C35H30S/c1-21(25-13-9-15-32-34(25)28-12-7-8-14-31(28)36-32)18-23-16-17-27-29(20-23)35(3,4)30-19-22(2)24-10-5-6-11-26(24)33(27)30/h5-17,19-21H,18H2,1-4H3. The number of aryl methyl sites for hydroxylation is 1. The summed E-state index contributed by atoms with van der Waals surface area (Å²) in [5.41, 5.74) is 10.1. The smallest absolute Gasteiger partial charge is 0.0358 e. The molecule has 0 radical (unpaired) electrons. The van der Waals surface area contributed by atoms with Gasteiger partial charge in [0.25, 0.3) is 0 Å². The van der Waals surface area contributed by atoms with Gasteiger partial charge in [0, 0.05) is 25.6 Å². The molecule has 1 heterocycles. The Kier molecular flexibility index (Phi) is 4.72. The fraction of sp³-hybridized carbons (Fsp3) is 0.200. The molecule has 0 fully saturated rings. The molecule has 0 saturated carbocycles. The molecule has 1 heteroatoms. The molecule has 7 rings (SSSR count). The summed E-state index contributed by atoms with van der Waals surface area (Å²) in [6.07, 6.45) is 1.04. The van der Waals surface area contributed by atoms with Crippen LogP contribution in [0.25, 0.3) is 42.1 Å². The van der Waals surface area contributed by atoms with Crippen LogP contribution in [0.5, 0.6) is 0 Å². The molecule has 1 aliphatic rings. The Morgan fingerprint density at radius 2 is 1.44 bits per heavy atom. The molecule has 1 unspecified atom stereocenters. The van der Waals surface area contributed by atoms with Gasteiger partial charge in [-0.05, 0) is 81.1 Å². The van der Waals surface area contributed by atoms with Crippen molar-refractivity contribution in [2.45, 2.75) is 45.4 Å². The largest absolute Gasteiger partial charge is 0.135 e. The summed E-state index contributed by atoms with van der Waals surface area (Å²) >= 11 is 1.91. The van der Waals surface area contributed by atoms with E-state index in [1.165, 1.54) is 69.9 Å². The predicted octanol–water partition coefficient (Wildman–Crippen LogP) is 10.2. The molecule has 1 aliphatic carbocycles. The van der Waals surface area contributed by atoms with Crippen LogP contribution in [0.1, 0.15) is 54.5 Å². The third-order valence-electron chi connectivity index (χ3n) is 8.46. The van der Waals surface area contributed by atoms with E-state index in [0.29, 0.717) is 5.92 Å². The first-order chi connectivity index (χ1) is 17.4. The Labute approximate surface area is 217 Å². The van der Waals surface area contributed by atoms with Crippen LogP contribution < -0.4 is 0 Å². The Bertz CT molecular complexity index is 1810. The zero-order valence-corrected chi connectivity index (χ0v) is 22.2. The summed E-state index contributed by atoms with van der Waals surface area (Å²) in [6.45, 7) is 9.45. The third kappa shape index (κ3) is 3.06. The Morgan fingerprint density at radius 3 is 2.28 bits per heavy atom. The van der Waals surface area contributed by atoms with Crippen molar-refractivity contribution >= 4 is 42.3 Å². The van der Waals surface area contributed by atoms with Gasteiger partial charge >= 0.3 is 0 Å². The summed E-state index contributed by atoms with van der Waals surface area (Å²) in [5.74, 6) is 0.444. The highest BCUT2D eigenvalue weighted by Gasteiger charge is 2.37. The maximum Gasteiger partial charge on any atom is 0.0358 e. The van der Waals surface area contributed by atoms with Crippen LogP contribution in [0.15, 0.2) is 91.0 Å². The van der Waals surface area contributed by atoms with Crippen molar-refractivity contribution in [3.05, 3.63) is 119 Å². The van der Waals surface area contributed by atoms with Gasteiger partial charge in [-0.25, -0.2) is 0 Å². The van der Waals surface area contributed by atoms with Crippen LogP contribution >= 0.6 is 11.3 Å². The summed E-state index contributed by atoms with van der Waals surface area (Å²) < 4.78 is 2.78. The Balaban J connectivity index is 1.32. The lowest BCUT2D eigenvalue weighted by Gasteiger charge is -2.23. The molecule has 176 valence electrons. The van der Waals surface area contributed by atoms with Crippen molar-refractivity contribution in [3.8, 4) is 11.1 Å². The number of rotatable bonds is 3. The number of hydrogen-bond acceptors (Lipinski definition) is 1. The summed E-state index contributed by atoms with van der Waals surface area (Å²) in [4.78, 5) is 0. The topological polar surface area (TPSA) is 0 Å². The molecule has 36 heavy (non-hydrogen) atoms. The maximum atomic E-state index is 2.50. The summed E-state index contributed by atoms with van der Waals surface area (Å²) in [6, 6.07) is 34.3. The van der Waals surface area contributed by atoms with Crippen LogP contribution in [0.4, 0.5) is 0 Å². The van der Waals surface area contributed by atoms with Gasteiger partial charge in [0.2, 0.25) is 0 Å². The lowest BCUT2D eigenvalue weighted by atomic mass is 9.80. The zero-order valence-electron chi connectivity index (χ0n) is 21.4. The van der Waals surface area contributed by atoms with E-state index in [1.807, 2.05) is 11.3 Å². The molecule has 1 aromatic heterocycles. The van der Waals surface area contributed by atoms with E-state index in [0.717, 1.165) is 6.42 Å². The molecule has 5 aromatic carbocycles. The van der Waals surface area contributed by atoms with Gasteiger partial charge in [-0.3, -0.25) is 0 Å². The van der Waals surface area contributed by atoms with Gasteiger partial charge in [0.15, 0.2) is 0 Å². The molecule has 0 N–H and O–H groups in total. The normalized spacial score (nSPS) is 14.9. The average molecular weight is 483 g/mol. The third-order valence-corrected chi connectivity index (χ3v) is 9.60. The van der Waals surface area contributed by atoms with E-state index < -0.39 is 0 Å². The van der Waals surface area contributed by atoms with Crippen LogP contribution in [0.2, 0.25) is 0 Å². The van der Waals surface area contributed by atoms with Crippen LogP contribution in [-0.2, 0) is 11.8 Å². The Hall–Kier alpha value is -3.42. The van der Waals surface area contributed by atoms with Crippen molar-refractivity contribution < 1.29 is 0 Å². The molecule has 0 aliphatic heterocycles. The Morgan fingerprint density at radius 1 is 0.722 bits per heavy atom. The first kappa shape index (κ1) is 21.8. The van der Waals surface area contributed by atoms with Crippen LogP contribution in [-0.4, -0.2) is 0 Å². The van der Waals surface area contributed by atoms with Crippen molar-refractivity contribution in [1.29, 1.82) is 0 Å². The second kappa shape index (κ2) is 7.79. The molecule has 0 bridgehead atoms. The van der Waals surface area contributed by atoms with Crippen LogP contribution in [0, 0.1) is 6.92 Å². The first-order valence-electron chi connectivity index (χ1n) is 13.0. The van der Waals surface area contributed by atoms with Gasteiger partial charge < -0.3 is 0 Å². The van der Waals surface area contributed by atoms with E-state index in [4.69, 9.17) is 0 Å². The number of thiophene rings is 1. The number of benzene rings is 5. The highest BCUT2D eigenvalue weighted by Crippen LogP contribution is 2.52. The summed E-state index contributed by atoms with van der Waals surface area (Å²) in [7, 11) is 0. The van der Waals surface area contributed by atoms with E-state index in [1.54, 1.807) is 0 Å². The molecule has 0 nitrogen and oxygen atoms in total. The molecule has 1 atom stereocenters. The second-order valence-electron chi connectivity index (χ2n) is 11.1.